The molecule has 0 aliphatic carbocycles. The lowest BCUT2D eigenvalue weighted by molar-refractivity contribution is -0.886. The second-order valence-electron chi connectivity index (χ2n) is 7.44. The number of nitrogens with one attached hydrogen (secondary N) is 1. The van der Waals surface area contributed by atoms with E-state index in [0.29, 0.717) is 44.2 Å². The normalized spacial score (nSPS) is 16.9. The first-order chi connectivity index (χ1) is 13.3. The van der Waals surface area contributed by atoms with Gasteiger partial charge in [0.25, 0.3) is 5.91 Å². The third-order valence-electron chi connectivity index (χ3n) is 5.06. The first kappa shape index (κ1) is 20.6. The number of sulfonamides is 1. The average molecular weight is 407 g/mol. The van der Waals surface area contributed by atoms with Crippen LogP contribution in [0.5, 0.6) is 0 Å². The maximum absolute atomic E-state index is 13.0. The number of carbonyl (C=O) groups excluding carboxylic acids is 1. The van der Waals surface area contributed by atoms with Crippen molar-refractivity contribution < 1.29 is 22.5 Å². The van der Waals surface area contributed by atoms with Crippen LogP contribution in [0.3, 0.4) is 0 Å². The molecule has 152 valence electrons. The summed E-state index contributed by atoms with van der Waals surface area (Å²) in [5, 5.41) is 0. The largest absolute Gasteiger partial charge is 0.463 e. The van der Waals surface area contributed by atoms with Crippen LogP contribution < -0.4 is 4.90 Å². The molecule has 8 heteroatoms. The molecule has 0 saturated carbocycles. The van der Waals surface area contributed by atoms with Crippen molar-refractivity contribution >= 4 is 15.9 Å². The summed E-state index contributed by atoms with van der Waals surface area (Å²) in [6, 6.07) is 9.19. The molecule has 2 heterocycles. The minimum Gasteiger partial charge on any atom is -0.463 e. The molecule has 1 saturated heterocycles. The standard InChI is InChI=1S/C20H27N3O4S/c1-16-6-7-17(2)19(13-16)28(25,26)23-10-8-22(9-11-23)20(24)15-21(3)14-18-5-4-12-27-18/h4-7,12-13H,8-11,14-15H2,1-3H3/p+1. The maximum atomic E-state index is 13.0. The number of piperazine rings is 1. The van der Waals surface area contributed by atoms with Gasteiger partial charge in [0.05, 0.1) is 18.2 Å². The van der Waals surface area contributed by atoms with E-state index in [9.17, 15) is 13.2 Å². The lowest BCUT2D eigenvalue weighted by Gasteiger charge is -2.34. The van der Waals surface area contributed by atoms with Crippen LogP contribution in [0.25, 0.3) is 0 Å². The van der Waals surface area contributed by atoms with E-state index in [1.165, 1.54) is 4.31 Å². The molecule has 0 bridgehead atoms. The van der Waals surface area contributed by atoms with E-state index in [1.807, 2.05) is 45.2 Å². The van der Waals surface area contributed by atoms with Crippen molar-refractivity contribution in [1.82, 2.24) is 9.21 Å². The van der Waals surface area contributed by atoms with Crippen LogP contribution in [-0.4, -0.2) is 63.3 Å². The van der Waals surface area contributed by atoms with Gasteiger partial charge in [-0.2, -0.15) is 4.31 Å². The van der Waals surface area contributed by atoms with Crippen molar-refractivity contribution in [1.29, 1.82) is 0 Å². The number of furan rings is 1. The van der Waals surface area contributed by atoms with Crippen LogP contribution >= 0.6 is 0 Å². The summed E-state index contributed by atoms with van der Waals surface area (Å²) >= 11 is 0. The topological polar surface area (TPSA) is 75.3 Å². The van der Waals surface area contributed by atoms with E-state index in [2.05, 4.69) is 0 Å². The Hall–Kier alpha value is -2.16. The Morgan fingerprint density at radius 1 is 1.14 bits per heavy atom. The molecule has 2 aromatic rings. The minimum atomic E-state index is -3.54. The van der Waals surface area contributed by atoms with Gasteiger partial charge in [0.2, 0.25) is 10.0 Å². The second kappa shape index (κ2) is 8.46. The lowest BCUT2D eigenvalue weighted by atomic mass is 10.2. The van der Waals surface area contributed by atoms with Crippen molar-refractivity contribution in [2.75, 3.05) is 39.8 Å². The van der Waals surface area contributed by atoms with Crippen LogP contribution in [0.1, 0.15) is 16.9 Å². The van der Waals surface area contributed by atoms with Gasteiger partial charge >= 0.3 is 0 Å². The highest BCUT2D eigenvalue weighted by Crippen LogP contribution is 2.22. The third-order valence-corrected chi connectivity index (χ3v) is 7.10. The van der Waals surface area contributed by atoms with E-state index in [4.69, 9.17) is 4.42 Å². The molecule has 0 radical (unpaired) electrons. The Morgan fingerprint density at radius 2 is 1.86 bits per heavy atom. The summed E-state index contributed by atoms with van der Waals surface area (Å²) in [4.78, 5) is 15.7. The number of hydrogen-bond donors (Lipinski definition) is 1. The van der Waals surface area contributed by atoms with Crippen molar-refractivity contribution in [3.8, 4) is 0 Å². The predicted molar refractivity (Wildman–Crippen MR) is 105 cm³/mol. The smallest absolute Gasteiger partial charge is 0.277 e. The van der Waals surface area contributed by atoms with Crippen LogP contribution in [0.4, 0.5) is 0 Å². The molecule has 1 amide bonds. The van der Waals surface area contributed by atoms with E-state index in [-0.39, 0.29) is 5.91 Å². The molecular formula is C20H28N3O4S+. The number of amides is 1. The van der Waals surface area contributed by atoms with Crippen LogP contribution in [0.2, 0.25) is 0 Å². The highest BCUT2D eigenvalue weighted by Gasteiger charge is 2.31. The quantitative estimate of drug-likeness (QED) is 0.756. The Balaban J connectivity index is 1.57. The molecule has 28 heavy (non-hydrogen) atoms. The van der Waals surface area contributed by atoms with E-state index in [0.717, 1.165) is 21.8 Å². The predicted octanol–water partition coefficient (Wildman–Crippen LogP) is 0.444. The van der Waals surface area contributed by atoms with Gasteiger partial charge in [-0.05, 0) is 43.2 Å². The van der Waals surface area contributed by atoms with Gasteiger partial charge in [-0.3, -0.25) is 4.79 Å². The van der Waals surface area contributed by atoms with Gasteiger partial charge in [-0.15, -0.1) is 0 Å². The molecule has 1 aromatic heterocycles. The number of nitrogens with zero attached hydrogens (tertiary/aromatic N) is 2. The fourth-order valence-electron chi connectivity index (χ4n) is 3.45. The molecule has 1 aliphatic heterocycles. The zero-order valence-corrected chi connectivity index (χ0v) is 17.5. The van der Waals surface area contributed by atoms with E-state index in [1.54, 1.807) is 17.2 Å². The number of hydrogen-bond acceptors (Lipinski definition) is 4. The number of benzene rings is 1. The van der Waals surface area contributed by atoms with Gasteiger partial charge in [0.1, 0.15) is 6.54 Å². The van der Waals surface area contributed by atoms with Crippen molar-refractivity contribution in [2.45, 2.75) is 25.3 Å². The van der Waals surface area contributed by atoms with Gasteiger partial charge in [0.15, 0.2) is 12.3 Å². The highest BCUT2D eigenvalue weighted by atomic mass is 32.2. The molecule has 1 aliphatic rings. The zero-order valence-electron chi connectivity index (χ0n) is 16.6. The molecule has 7 nitrogen and oxygen atoms in total. The van der Waals surface area contributed by atoms with Crippen molar-refractivity contribution in [2.24, 2.45) is 0 Å². The Labute approximate surface area is 166 Å². The molecule has 1 atom stereocenters. The minimum absolute atomic E-state index is 0.0350. The summed E-state index contributed by atoms with van der Waals surface area (Å²) in [6.45, 7) is 6.15. The Morgan fingerprint density at radius 3 is 2.50 bits per heavy atom. The average Bonchev–Trinajstić information content (AvgIpc) is 3.16. The van der Waals surface area contributed by atoms with Gasteiger partial charge < -0.3 is 14.2 Å². The van der Waals surface area contributed by atoms with Crippen LogP contribution in [0.15, 0.2) is 45.9 Å². The monoisotopic (exact) mass is 406 g/mol. The summed E-state index contributed by atoms with van der Waals surface area (Å²) < 4.78 is 32.8. The fraction of sp³-hybridized carbons (Fsp3) is 0.450. The van der Waals surface area contributed by atoms with E-state index >= 15 is 0 Å². The summed E-state index contributed by atoms with van der Waals surface area (Å²) in [7, 11) is -1.60. The number of likely N-dealkylation sites (N-methyl/N-ethyl adjacent to an activating group) is 1. The summed E-state index contributed by atoms with van der Waals surface area (Å²) in [6.07, 6.45) is 1.63. The molecule has 1 unspecified atom stereocenters. The maximum Gasteiger partial charge on any atom is 0.277 e. The third kappa shape index (κ3) is 4.63. The molecule has 0 spiro atoms. The van der Waals surface area contributed by atoms with Crippen molar-refractivity contribution in [3.05, 3.63) is 53.5 Å². The molecule has 1 fully saturated rings. The van der Waals surface area contributed by atoms with Crippen LogP contribution in [0, 0.1) is 13.8 Å². The fourth-order valence-corrected chi connectivity index (χ4v) is 5.18. The van der Waals surface area contributed by atoms with Gasteiger partial charge in [-0.1, -0.05) is 12.1 Å². The highest BCUT2D eigenvalue weighted by molar-refractivity contribution is 7.89. The van der Waals surface area contributed by atoms with Gasteiger partial charge in [0, 0.05) is 26.2 Å². The Bertz CT molecular complexity index is 917. The number of aryl methyl sites for hydroxylation is 2. The number of rotatable bonds is 6. The Kier molecular flexibility index (Phi) is 6.22. The van der Waals surface area contributed by atoms with Crippen molar-refractivity contribution in [3.63, 3.8) is 0 Å². The van der Waals surface area contributed by atoms with E-state index < -0.39 is 10.0 Å². The zero-order chi connectivity index (χ0) is 20.3. The second-order valence-corrected chi connectivity index (χ2v) is 9.35. The molecule has 3 rings (SSSR count). The molecular weight excluding hydrogens is 378 g/mol. The summed E-state index contributed by atoms with van der Waals surface area (Å²) in [5.74, 6) is 0.877. The molecule has 1 aromatic carbocycles. The first-order valence-electron chi connectivity index (χ1n) is 9.46. The SMILES string of the molecule is Cc1ccc(C)c(S(=O)(=O)N2CCN(C(=O)C[NH+](C)Cc3ccco3)CC2)c1. The number of quaternary nitrogens is 1. The van der Waals surface area contributed by atoms with Crippen LogP contribution in [-0.2, 0) is 21.4 Å². The first-order valence-corrected chi connectivity index (χ1v) is 10.9. The lowest BCUT2D eigenvalue weighted by Crippen LogP contribution is -3.08. The summed E-state index contributed by atoms with van der Waals surface area (Å²) in [5.41, 5.74) is 1.66. The number of carbonyl (C=O) groups is 1. The van der Waals surface area contributed by atoms with Gasteiger partial charge in [-0.25, -0.2) is 8.42 Å². The molecule has 1 N–H and O–H groups in total.